The predicted molar refractivity (Wildman–Crippen MR) is 105 cm³/mol. The largest absolute Gasteiger partial charge is 0.494 e. The van der Waals surface area contributed by atoms with E-state index < -0.39 is 0 Å². The highest BCUT2D eigenvalue weighted by atomic mass is 16.5. The minimum Gasteiger partial charge on any atom is -0.494 e. The van der Waals surface area contributed by atoms with Crippen LogP contribution in [0.15, 0.2) is 42.5 Å². The topological polar surface area (TPSA) is 38.8 Å². The second-order valence-corrected chi connectivity index (χ2v) is 6.78. The summed E-state index contributed by atoms with van der Waals surface area (Å²) in [6, 6.07) is 13.9. The molecule has 0 spiro atoms. The molecular weight excluding hydrogens is 326 g/mol. The van der Waals surface area contributed by atoms with Gasteiger partial charge in [-0.15, -0.1) is 0 Å². The number of rotatable bonds is 8. The molecular formula is C22H29NO3. The van der Waals surface area contributed by atoms with Crippen LogP contribution >= 0.6 is 0 Å². The van der Waals surface area contributed by atoms with Gasteiger partial charge in [0.05, 0.1) is 6.61 Å². The normalized spacial score (nSPS) is 10.7. The summed E-state index contributed by atoms with van der Waals surface area (Å²) in [5, 5.41) is 0. The molecule has 1 amide bonds. The highest BCUT2D eigenvalue weighted by Crippen LogP contribution is 2.27. The number of hydrogen-bond donors (Lipinski definition) is 0. The molecule has 2 aromatic rings. The summed E-state index contributed by atoms with van der Waals surface area (Å²) in [4.78, 5) is 14.2. The van der Waals surface area contributed by atoms with Crippen LogP contribution in [0, 0.1) is 6.92 Å². The van der Waals surface area contributed by atoms with Crippen LogP contribution in [0.2, 0.25) is 0 Å². The van der Waals surface area contributed by atoms with Crippen LogP contribution in [0.4, 0.5) is 0 Å². The van der Waals surface area contributed by atoms with Crippen molar-refractivity contribution in [2.75, 3.05) is 20.3 Å². The monoisotopic (exact) mass is 355 g/mol. The molecule has 0 N–H and O–H groups in total. The Hall–Kier alpha value is -2.49. The van der Waals surface area contributed by atoms with Crippen molar-refractivity contribution in [1.82, 2.24) is 4.90 Å². The van der Waals surface area contributed by atoms with Crippen LogP contribution < -0.4 is 9.47 Å². The lowest BCUT2D eigenvalue weighted by Crippen LogP contribution is -2.31. The van der Waals surface area contributed by atoms with E-state index in [4.69, 9.17) is 9.47 Å². The van der Waals surface area contributed by atoms with Gasteiger partial charge >= 0.3 is 0 Å². The van der Waals surface area contributed by atoms with Crippen LogP contribution in [-0.2, 0) is 11.3 Å². The summed E-state index contributed by atoms with van der Waals surface area (Å²) in [6.45, 7) is 9.33. The summed E-state index contributed by atoms with van der Waals surface area (Å²) >= 11 is 0. The zero-order valence-electron chi connectivity index (χ0n) is 16.4. The predicted octanol–water partition coefficient (Wildman–Crippen LogP) is 4.55. The molecule has 2 rings (SSSR count). The number of benzene rings is 2. The Morgan fingerprint density at radius 2 is 1.81 bits per heavy atom. The maximum Gasteiger partial charge on any atom is 0.260 e. The van der Waals surface area contributed by atoms with Crippen LogP contribution in [-0.4, -0.2) is 31.1 Å². The Balaban J connectivity index is 2.01. The third-order valence-corrected chi connectivity index (χ3v) is 4.25. The highest BCUT2D eigenvalue weighted by Gasteiger charge is 2.15. The molecule has 0 fully saturated rings. The summed E-state index contributed by atoms with van der Waals surface area (Å²) < 4.78 is 11.5. The SMILES string of the molecule is CCOc1ccccc1CN(C)C(=O)COc1cc(C)ccc1C(C)C. The third-order valence-electron chi connectivity index (χ3n) is 4.25. The molecule has 2 aromatic carbocycles. The van der Waals surface area contributed by atoms with Crippen LogP contribution in [0.5, 0.6) is 11.5 Å². The van der Waals surface area contributed by atoms with Gasteiger partial charge in [-0.3, -0.25) is 4.79 Å². The van der Waals surface area contributed by atoms with Crippen molar-refractivity contribution in [2.24, 2.45) is 0 Å². The van der Waals surface area contributed by atoms with Crippen LogP contribution in [0.25, 0.3) is 0 Å². The maximum absolute atomic E-state index is 12.5. The second-order valence-electron chi connectivity index (χ2n) is 6.78. The number of aryl methyl sites for hydroxylation is 1. The van der Waals surface area contributed by atoms with Crippen molar-refractivity contribution in [1.29, 1.82) is 0 Å². The molecule has 0 atom stereocenters. The van der Waals surface area contributed by atoms with Crippen molar-refractivity contribution < 1.29 is 14.3 Å². The smallest absolute Gasteiger partial charge is 0.260 e. The maximum atomic E-state index is 12.5. The first-order valence-corrected chi connectivity index (χ1v) is 9.10. The van der Waals surface area contributed by atoms with Crippen molar-refractivity contribution in [2.45, 2.75) is 40.2 Å². The number of likely N-dealkylation sites (N-methyl/N-ethyl adjacent to an activating group) is 1. The van der Waals surface area contributed by atoms with Gasteiger partial charge in [0.2, 0.25) is 0 Å². The molecule has 0 bridgehead atoms. The van der Waals surface area contributed by atoms with E-state index in [1.165, 1.54) is 0 Å². The quantitative estimate of drug-likeness (QED) is 0.697. The van der Waals surface area contributed by atoms with E-state index in [-0.39, 0.29) is 12.5 Å². The Bertz CT molecular complexity index is 740. The lowest BCUT2D eigenvalue weighted by molar-refractivity contribution is -0.132. The van der Waals surface area contributed by atoms with E-state index in [9.17, 15) is 4.79 Å². The molecule has 0 aliphatic carbocycles. The summed E-state index contributed by atoms with van der Waals surface area (Å²) in [5.41, 5.74) is 3.23. The van der Waals surface area contributed by atoms with E-state index in [0.717, 1.165) is 28.2 Å². The molecule has 4 heteroatoms. The number of carbonyl (C=O) groups is 1. The van der Waals surface area contributed by atoms with Gasteiger partial charge < -0.3 is 14.4 Å². The average molecular weight is 355 g/mol. The number of hydrogen-bond acceptors (Lipinski definition) is 3. The van der Waals surface area contributed by atoms with Gasteiger partial charge in [0, 0.05) is 19.2 Å². The minimum atomic E-state index is -0.0625. The molecule has 0 aliphatic heterocycles. The zero-order valence-corrected chi connectivity index (χ0v) is 16.4. The van der Waals surface area contributed by atoms with Gasteiger partial charge in [0.25, 0.3) is 5.91 Å². The summed E-state index contributed by atoms with van der Waals surface area (Å²) in [6.07, 6.45) is 0. The lowest BCUT2D eigenvalue weighted by atomic mass is 10.0. The second kappa shape index (κ2) is 9.27. The highest BCUT2D eigenvalue weighted by molar-refractivity contribution is 5.77. The van der Waals surface area contributed by atoms with E-state index in [1.807, 2.05) is 44.2 Å². The molecule has 0 saturated heterocycles. The summed E-state index contributed by atoms with van der Waals surface area (Å²) in [7, 11) is 1.79. The molecule has 0 unspecified atom stereocenters. The van der Waals surface area contributed by atoms with E-state index in [2.05, 4.69) is 26.0 Å². The fourth-order valence-electron chi connectivity index (χ4n) is 2.77. The lowest BCUT2D eigenvalue weighted by Gasteiger charge is -2.20. The minimum absolute atomic E-state index is 0.0243. The molecule has 140 valence electrons. The zero-order chi connectivity index (χ0) is 19.1. The van der Waals surface area contributed by atoms with Crippen molar-refractivity contribution in [3.8, 4) is 11.5 Å². The summed E-state index contributed by atoms with van der Waals surface area (Å²) in [5.74, 6) is 1.89. The number of ether oxygens (including phenoxy) is 2. The van der Waals surface area contributed by atoms with Gasteiger partial charge in [-0.05, 0) is 43.0 Å². The van der Waals surface area contributed by atoms with Crippen molar-refractivity contribution in [3.05, 3.63) is 59.2 Å². The first-order chi connectivity index (χ1) is 12.4. The fraction of sp³-hybridized carbons (Fsp3) is 0.409. The van der Waals surface area contributed by atoms with Gasteiger partial charge in [0.1, 0.15) is 11.5 Å². The Kier molecular flexibility index (Phi) is 7.07. The first-order valence-electron chi connectivity index (χ1n) is 9.10. The van der Waals surface area contributed by atoms with Gasteiger partial charge in [-0.2, -0.15) is 0 Å². The molecule has 0 radical (unpaired) electrons. The van der Waals surface area contributed by atoms with E-state index >= 15 is 0 Å². The molecule has 0 heterocycles. The Morgan fingerprint density at radius 1 is 1.08 bits per heavy atom. The van der Waals surface area contributed by atoms with Crippen molar-refractivity contribution in [3.63, 3.8) is 0 Å². The third kappa shape index (κ3) is 5.25. The molecule has 0 saturated carbocycles. The molecule has 0 aliphatic rings. The molecule has 26 heavy (non-hydrogen) atoms. The van der Waals surface area contributed by atoms with Crippen LogP contribution in [0.1, 0.15) is 43.4 Å². The average Bonchev–Trinajstić information content (AvgIpc) is 2.61. The first kappa shape index (κ1) is 19.8. The van der Waals surface area contributed by atoms with E-state index in [0.29, 0.717) is 19.1 Å². The Labute approximate surface area is 156 Å². The molecule has 4 nitrogen and oxygen atoms in total. The molecule has 0 aromatic heterocycles. The van der Waals surface area contributed by atoms with Gasteiger partial charge in [-0.25, -0.2) is 0 Å². The van der Waals surface area contributed by atoms with Gasteiger partial charge in [0.15, 0.2) is 6.61 Å². The van der Waals surface area contributed by atoms with E-state index in [1.54, 1.807) is 11.9 Å². The standard InChI is InChI=1S/C22H29NO3/c1-6-25-20-10-8-7-9-18(20)14-23(5)22(24)15-26-21-13-17(4)11-12-19(21)16(2)3/h7-13,16H,6,14-15H2,1-5H3. The van der Waals surface area contributed by atoms with Crippen molar-refractivity contribution >= 4 is 5.91 Å². The number of nitrogens with zero attached hydrogens (tertiary/aromatic N) is 1. The van der Waals surface area contributed by atoms with Crippen LogP contribution in [0.3, 0.4) is 0 Å². The van der Waals surface area contributed by atoms with Gasteiger partial charge in [-0.1, -0.05) is 44.2 Å². The number of carbonyl (C=O) groups excluding carboxylic acids is 1. The number of para-hydroxylation sites is 1. The Morgan fingerprint density at radius 3 is 2.50 bits per heavy atom. The fourth-order valence-corrected chi connectivity index (χ4v) is 2.77. The number of amides is 1.